The van der Waals surface area contributed by atoms with Crippen LogP contribution in [0.5, 0.6) is 0 Å². The second-order valence-corrected chi connectivity index (χ2v) is 6.39. The molecule has 1 aromatic heterocycles. The van der Waals surface area contributed by atoms with E-state index in [4.69, 9.17) is 16.0 Å². The minimum Gasteiger partial charge on any atom is -0.456 e. The number of carbonyl (C=O) groups is 1. The summed E-state index contributed by atoms with van der Waals surface area (Å²) in [6.07, 6.45) is 2.24. The Kier molecular flexibility index (Phi) is 3.93. The summed E-state index contributed by atoms with van der Waals surface area (Å²) in [7, 11) is 0. The van der Waals surface area contributed by atoms with Gasteiger partial charge in [-0.15, -0.1) is 0 Å². The van der Waals surface area contributed by atoms with E-state index in [9.17, 15) is 14.9 Å². The highest BCUT2D eigenvalue weighted by Gasteiger charge is 2.25. The summed E-state index contributed by atoms with van der Waals surface area (Å²) < 4.78 is 5.73. The normalized spacial score (nSPS) is 14.7. The van der Waals surface area contributed by atoms with Crippen LogP contribution >= 0.6 is 11.6 Å². The van der Waals surface area contributed by atoms with Crippen molar-refractivity contribution in [2.45, 2.75) is 6.42 Å². The van der Waals surface area contributed by atoms with Crippen molar-refractivity contribution < 1.29 is 14.1 Å². The molecule has 0 atom stereocenters. The number of Topliss-reactive ketones (excluding diaryl/α,β-unsaturated/α-hetero) is 1. The third kappa shape index (κ3) is 2.82. The summed E-state index contributed by atoms with van der Waals surface area (Å²) in [5.74, 6) is 0.805. The zero-order valence-corrected chi connectivity index (χ0v) is 14.2. The van der Waals surface area contributed by atoms with Gasteiger partial charge in [0.25, 0.3) is 5.69 Å². The molecular weight excluding hydrogens is 354 g/mol. The second kappa shape index (κ2) is 6.28. The van der Waals surface area contributed by atoms with Gasteiger partial charge in [0, 0.05) is 28.6 Å². The lowest BCUT2D eigenvalue weighted by Crippen LogP contribution is -1.94. The quantitative estimate of drug-likeness (QED) is 0.357. The monoisotopic (exact) mass is 365 g/mol. The van der Waals surface area contributed by atoms with Crippen molar-refractivity contribution in [3.63, 3.8) is 0 Å². The molecule has 0 saturated carbocycles. The number of nitro benzene ring substituents is 1. The van der Waals surface area contributed by atoms with Crippen LogP contribution in [0.1, 0.15) is 21.7 Å². The van der Waals surface area contributed by atoms with Gasteiger partial charge < -0.3 is 4.42 Å². The highest BCUT2D eigenvalue weighted by atomic mass is 35.5. The molecule has 0 radical (unpaired) electrons. The topological polar surface area (TPSA) is 73.3 Å². The molecule has 0 unspecified atom stereocenters. The maximum Gasteiger partial charge on any atom is 0.281 e. The van der Waals surface area contributed by atoms with Gasteiger partial charge in [-0.3, -0.25) is 14.9 Å². The predicted octanol–water partition coefficient (Wildman–Crippen LogP) is 5.33. The smallest absolute Gasteiger partial charge is 0.281 e. The Hall–Kier alpha value is -3.18. The standard InChI is InChI=1S/C20H12ClNO4/c21-14-5-7-17(18(11-14)22(24)25)19-8-6-15(26-19)10-13-9-12-3-1-2-4-16(12)20(13)23/h1-8,10-11H,9H2/b13-10+. The van der Waals surface area contributed by atoms with Crippen LogP contribution in [-0.2, 0) is 6.42 Å². The number of hydrogen-bond acceptors (Lipinski definition) is 4. The maximum atomic E-state index is 12.4. The summed E-state index contributed by atoms with van der Waals surface area (Å²) in [6, 6.07) is 15.2. The number of nitrogens with zero attached hydrogens (tertiary/aromatic N) is 1. The van der Waals surface area contributed by atoms with Gasteiger partial charge in [-0.05, 0) is 35.9 Å². The number of ketones is 1. The number of fused-ring (bicyclic) bond motifs is 1. The average Bonchev–Trinajstić information content (AvgIpc) is 3.21. The fraction of sp³-hybridized carbons (Fsp3) is 0.0500. The number of allylic oxidation sites excluding steroid dienone is 1. The van der Waals surface area contributed by atoms with Crippen molar-refractivity contribution in [1.82, 2.24) is 0 Å². The summed E-state index contributed by atoms with van der Waals surface area (Å²) >= 11 is 5.85. The molecule has 0 spiro atoms. The van der Waals surface area contributed by atoms with Crippen molar-refractivity contribution in [3.05, 3.63) is 92.2 Å². The minimum atomic E-state index is -0.501. The maximum absolute atomic E-state index is 12.4. The molecule has 0 N–H and O–H groups in total. The van der Waals surface area contributed by atoms with Gasteiger partial charge in [-0.2, -0.15) is 0 Å². The third-order valence-electron chi connectivity index (χ3n) is 4.30. The molecule has 0 bridgehead atoms. The van der Waals surface area contributed by atoms with E-state index in [1.807, 2.05) is 24.3 Å². The number of nitro groups is 1. The molecule has 0 amide bonds. The second-order valence-electron chi connectivity index (χ2n) is 5.95. The Balaban J connectivity index is 1.69. The molecule has 5 nitrogen and oxygen atoms in total. The Morgan fingerprint density at radius 1 is 1.08 bits per heavy atom. The average molecular weight is 366 g/mol. The third-order valence-corrected chi connectivity index (χ3v) is 4.53. The fourth-order valence-corrected chi connectivity index (χ4v) is 3.25. The van der Waals surface area contributed by atoms with Crippen molar-refractivity contribution in [2.75, 3.05) is 0 Å². The molecule has 26 heavy (non-hydrogen) atoms. The Morgan fingerprint density at radius 2 is 1.88 bits per heavy atom. The number of rotatable bonds is 3. The summed E-state index contributed by atoms with van der Waals surface area (Å²) in [6.45, 7) is 0. The molecule has 1 aliphatic rings. The highest BCUT2D eigenvalue weighted by Crippen LogP contribution is 2.34. The first kappa shape index (κ1) is 16.3. The number of benzene rings is 2. The Bertz CT molecular complexity index is 1080. The van der Waals surface area contributed by atoms with Crippen LogP contribution in [-0.4, -0.2) is 10.7 Å². The van der Waals surface area contributed by atoms with Gasteiger partial charge in [-0.25, -0.2) is 0 Å². The van der Waals surface area contributed by atoms with Gasteiger partial charge in [0.05, 0.1) is 10.5 Å². The van der Waals surface area contributed by atoms with E-state index in [1.165, 1.54) is 6.07 Å². The molecule has 1 aliphatic carbocycles. The lowest BCUT2D eigenvalue weighted by Gasteiger charge is -2.00. The molecule has 6 heteroatoms. The van der Waals surface area contributed by atoms with Gasteiger partial charge >= 0.3 is 0 Å². The molecule has 128 valence electrons. The lowest BCUT2D eigenvalue weighted by atomic mass is 10.1. The molecular formula is C20H12ClNO4. The van der Waals surface area contributed by atoms with E-state index in [0.717, 1.165) is 5.56 Å². The first-order chi connectivity index (χ1) is 12.5. The minimum absolute atomic E-state index is 0.0176. The zero-order chi connectivity index (χ0) is 18.3. The van der Waals surface area contributed by atoms with E-state index in [0.29, 0.717) is 34.6 Å². The largest absolute Gasteiger partial charge is 0.456 e. The van der Waals surface area contributed by atoms with Crippen LogP contribution in [0.3, 0.4) is 0 Å². The van der Waals surface area contributed by atoms with E-state index in [2.05, 4.69) is 0 Å². The van der Waals surface area contributed by atoms with Crippen molar-refractivity contribution in [1.29, 1.82) is 0 Å². The van der Waals surface area contributed by atoms with Crippen LogP contribution < -0.4 is 0 Å². The van der Waals surface area contributed by atoms with Gasteiger partial charge in [0.15, 0.2) is 5.78 Å². The van der Waals surface area contributed by atoms with Crippen LogP contribution in [0.4, 0.5) is 5.69 Å². The van der Waals surface area contributed by atoms with Gasteiger partial charge in [-0.1, -0.05) is 35.9 Å². The van der Waals surface area contributed by atoms with E-state index in [-0.39, 0.29) is 16.5 Å². The fourth-order valence-electron chi connectivity index (χ4n) is 3.08. The Labute approximate surface area is 153 Å². The van der Waals surface area contributed by atoms with E-state index < -0.39 is 4.92 Å². The van der Waals surface area contributed by atoms with Crippen molar-refractivity contribution in [2.24, 2.45) is 0 Å². The predicted molar refractivity (Wildman–Crippen MR) is 98.3 cm³/mol. The van der Waals surface area contributed by atoms with E-state index in [1.54, 1.807) is 30.3 Å². The molecule has 0 saturated heterocycles. The number of hydrogen-bond donors (Lipinski definition) is 0. The summed E-state index contributed by atoms with van der Waals surface area (Å²) in [5.41, 5.74) is 2.54. The van der Waals surface area contributed by atoms with Crippen molar-refractivity contribution >= 4 is 29.1 Å². The highest BCUT2D eigenvalue weighted by molar-refractivity contribution is 6.30. The van der Waals surface area contributed by atoms with Gasteiger partial charge in [0.1, 0.15) is 11.5 Å². The van der Waals surface area contributed by atoms with Gasteiger partial charge in [0.2, 0.25) is 0 Å². The number of furan rings is 1. The first-order valence-electron chi connectivity index (χ1n) is 7.90. The molecule has 4 rings (SSSR count). The number of halogens is 1. The SMILES string of the molecule is O=C1/C(=C/c2ccc(-c3ccc(Cl)cc3[N+](=O)[O-])o2)Cc2ccccc21. The first-order valence-corrected chi connectivity index (χ1v) is 8.28. The molecule has 1 heterocycles. The molecule has 3 aromatic rings. The van der Waals surface area contributed by atoms with Crippen LogP contribution in [0.25, 0.3) is 17.4 Å². The van der Waals surface area contributed by atoms with Crippen LogP contribution in [0.2, 0.25) is 5.02 Å². The zero-order valence-electron chi connectivity index (χ0n) is 13.4. The van der Waals surface area contributed by atoms with Crippen molar-refractivity contribution in [3.8, 4) is 11.3 Å². The van der Waals surface area contributed by atoms with E-state index >= 15 is 0 Å². The van der Waals surface area contributed by atoms with Crippen LogP contribution in [0.15, 0.2) is 64.6 Å². The summed E-state index contributed by atoms with van der Waals surface area (Å²) in [4.78, 5) is 23.2. The molecule has 0 aliphatic heterocycles. The molecule has 2 aromatic carbocycles. The molecule has 0 fully saturated rings. The summed E-state index contributed by atoms with van der Waals surface area (Å²) in [5, 5.41) is 11.5. The van der Waals surface area contributed by atoms with Crippen LogP contribution in [0, 0.1) is 10.1 Å². The lowest BCUT2D eigenvalue weighted by molar-refractivity contribution is -0.384. The Morgan fingerprint density at radius 3 is 2.65 bits per heavy atom. The number of carbonyl (C=O) groups excluding carboxylic acids is 1.